The summed E-state index contributed by atoms with van der Waals surface area (Å²) >= 11 is 0. The molecule has 0 amide bonds. The number of benzene rings is 1. The molecule has 0 aliphatic heterocycles. The summed E-state index contributed by atoms with van der Waals surface area (Å²) in [6.45, 7) is 4.23. The van der Waals surface area contributed by atoms with E-state index < -0.39 is 5.97 Å². The number of nitrogens with zero attached hydrogens (tertiary/aromatic N) is 1. The zero-order valence-corrected chi connectivity index (χ0v) is 10.9. The van der Waals surface area contributed by atoms with Crippen LogP contribution in [0.5, 0.6) is 0 Å². The molecule has 1 aromatic carbocycles. The minimum Gasteiger partial charge on any atom is -0.478 e. The average Bonchev–Trinajstić information content (AvgIpc) is 2.39. The van der Waals surface area contributed by atoms with Gasteiger partial charge in [-0.25, -0.2) is 4.79 Å². The Hall–Kier alpha value is -2.36. The van der Waals surface area contributed by atoms with Gasteiger partial charge in [-0.2, -0.15) is 0 Å². The Morgan fingerprint density at radius 3 is 2.79 bits per heavy atom. The van der Waals surface area contributed by atoms with E-state index in [9.17, 15) is 4.79 Å². The molecule has 4 nitrogen and oxygen atoms in total. The van der Waals surface area contributed by atoms with Gasteiger partial charge in [0, 0.05) is 11.9 Å². The van der Waals surface area contributed by atoms with Crippen LogP contribution in [0.2, 0.25) is 0 Å². The number of aromatic nitrogens is 1. The van der Waals surface area contributed by atoms with Crippen molar-refractivity contribution in [2.45, 2.75) is 19.8 Å². The zero-order valence-electron chi connectivity index (χ0n) is 10.9. The van der Waals surface area contributed by atoms with Gasteiger partial charge >= 0.3 is 5.97 Å². The fourth-order valence-electron chi connectivity index (χ4n) is 1.81. The molecule has 98 valence electrons. The molecular formula is C15H16N2O2. The van der Waals surface area contributed by atoms with Crippen LogP contribution in [0.1, 0.15) is 35.7 Å². The summed E-state index contributed by atoms with van der Waals surface area (Å²) in [7, 11) is 0. The lowest BCUT2D eigenvalue weighted by atomic mass is 10.0. The van der Waals surface area contributed by atoms with Crippen molar-refractivity contribution in [1.29, 1.82) is 0 Å². The van der Waals surface area contributed by atoms with Gasteiger partial charge < -0.3 is 10.4 Å². The summed E-state index contributed by atoms with van der Waals surface area (Å²) < 4.78 is 0. The third-order valence-corrected chi connectivity index (χ3v) is 2.88. The first kappa shape index (κ1) is 13.1. The van der Waals surface area contributed by atoms with Crippen LogP contribution in [0, 0.1) is 0 Å². The monoisotopic (exact) mass is 256 g/mol. The van der Waals surface area contributed by atoms with Gasteiger partial charge in [-0.1, -0.05) is 26.0 Å². The molecule has 1 aromatic heterocycles. The third kappa shape index (κ3) is 3.10. The van der Waals surface area contributed by atoms with Gasteiger partial charge in [0.2, 0.25) is 0 Å². The van der Waals surface area contributed by atoms with Crippen molar-refractivity contribution < 1.29 is 9.90 Å². The van der Waals surface area contributed by atoms with Crippen LogP contribution in [0.3, 0.4) is 0 Å². The Labute approximate surface area is 112 Å². The van der Waals surface area contributed by atoms with Crippen molar-refractivity contribution in [1.82, 2.24) is 4.98 Å². The molecule has 2 aromatic rings. The highest BCUT2D eigenvalue weighted by Gasteiger charge is 2.10. The van der Waals surface area contributed by atoms with E-state index in [0.717, 1.165) is 5.69 Å². The normalized spacial score (nSPS) is 10.5. The van der Waals surface area contributed by atoms with E-state index in [1.165, 1.54) is 24.0 Å². The first-order valence-corrected chi connectivity index (χ1v) is 6.12. The molecule has 0 aliphatic rings. The highest BCUT2D eigenvalue weighted by atomic mass is 16.4. The largest absolute Gasteiger partial charge is 0.478 e. The van der Waals surface area contributed by atoms with Crippen molar-refractivity contribution in [3.05, 3.63) is 53.9 Å². The highest BCUT2D eigenvalue weighted by molar-refractivity contribution is 5.94. The van der Waals surface area contributed by atoms with Gasteiger partial charge in [-0.3, -0.25) is 4.98 Å². The maximum Gasteiger partial charge on any atom is 0.337 e. The van der Waals surface area contributed by atoms with Gasteiger partial charge in [0.25, 0.3) is 0 Å². The number of carbonyl (C=O) groups is 1. The Morgan fingerprint density at radius 2 is 2.11 bits per heavy atom. The number of carboxylic acids is 1. The van der Waals surface area contributed by atoms with E-state index in [-0.39, 0.29) is 5.56 Å². The van der Waals surface area contributed by atoms with Crippen LogP contribution in [-0.4, -0.2) is 16.1 Å². The van der Waals surface area contributed by atoms with Crippen LogP contribution in [-0.2, 0) is 0 Å². The Bertz CT molecular complexity index is 594. The molecule has 0 atom stereocenters. The van der Waals surface area contributed by atoms with Crippen molar-refractivity contribution in [2.24, 2.45) is 0 Å². The Morgan fingerprint density at radius 1 is 1.32 bits per heavy atom. The lowest BCUT2D eigenvalue weighted by Gasteiger charge is -2.11. The minimum absolute atomic E-state index is 0.213. The molecule has 0 saturated carbocycles. The second-order valence-corrected chi connectivity index (χ2v) is 4.63. The van der Waals surface area contributed by atoms with Crippen LogP contribution < -0.4 is 5.32 Å². The first-order chi connectivity index (χ1) is 9.08. The summed E-state index contributed by atoms with van der Waals surface area (Å²) in [5, 5.41) is 12.2. The molecule has 0 bridgehead atoms. The lowest BCUT2D eigenvalue weighted by molar-refractivity contribution is 0.0698. The van der Waals surface area contributed by atoms with Gasteiger partial charge in [0.05, 0.1) is 17.4 Å². The van der Waals surface area contributed by atoms with Gasteiger partial charge in [0.15, 0.2) is 0 Å². The molecule has 0 fully saturated rings. The predicted octanol–water partition coefficient (Wildman–Crippen LogP) is 3.65. The maximum absolute atomic E-state index is 11.1. The molecule has 0 saturated heterocycles. The average molecular weight is 256 g/mol. The minimum atomic E-state index is -0.968. The molecule has 2 N–H and O–H groups in total. The van der Waals surface area contributed by atoms with Gasteiger partial charge in [-0.15, -0.1) is 0 Å². The molecule has 19 heavy (non-hydrogen) atoms. The standard InChI is InChI=1S/C15H16N2O2/c1-10(2)11-4-3-5-12(8-11)17-14-9-16-7-6-13(14)15(18)19/h3-10,17H,1-2H3,(H,18,19). The number of aromatic carboxylic acids is 1. The number of hydrogen-bond donors (Lipinski definition) is 2. The molecule has 4 heteroatoms. The smallest absolute Gasteiger partial charge is 0.337 e. The van der Waals surface area contributed by atoms with Crippen molar-refractivity contribution in [3.8, 4) is 0 Å². The number of anilines is 2. The first-order valence-electron chi connectivity index (χ1n) is 6.12. The summed E-state index contributed by atoms with van der Waals surface area (Å²) in [5.41, 5.74) is 2.77. The summed E-state index contributed by atoms with van der Waals surface area (Å²) in [5.74, 6) is -0.542. The van der Waals surface area contributed by atoms with E-state index in [4.69, 9.17) is 5.11 Å². The van der Waals surface area contributed by atoms with Gasteiger partial charge in [0.1, 0.15) is 0 Å². The van der Waals surface area contributed by atoms with E-state index in [1.807, 2.05) is 18.2 Å². The molecule has 0 radical (unpaired) electrons. The molecule has 0 aliphatic carbocycles. The van der Waals surface area contributed by atoms with Crippen LogP contribution in [0.25, 0.3) is 0 Å². The molecule has 2 rings (SSSR count). The van der Waals surface area contributed by atoms with Crippen molar-refractivity contribution >= 4 is 17.3 Å². The topological polar surface area (TPSA) is 62.2 Å². The maximum atomic E-state index is 11.1. The second kappa shape index (κ2) is 5.52. The number of nitrogens with one attached hydrogen (secondary N) is 1. The number of rotatable bonds is 4. The fourth-order valence-corrected chi connectivity index (χ4v) is 1.81. The quantitative estimate of drug-likeness (QED) is 0.876. The van der Waals surface area contributed by atoms with Gasteiger partial charge in [-0.05, 0) is 29.7 Å². The Balaban J connectivity index is 2.31. The van der Waals surface area contributed by atoms with E-state index >= 15 is 0 Å². The molecule has 1 heterocycles. The molecule has 0 unspecified atom stereocenters. The lowest BCUT2D eigenvalue weighted by Crippen LogP contribution is -2.03. The molecule has 0 spiro atoms. The summed E-state index contributed by atoms with van der Waals surface area (Å²) in [6.07, 6.45) is 2.99. The van der Waals surface area contributed by atoms with Crippen LogP contribution in [0.4, 0.5) is 11.4 Å². The zero-order chi connectivity index (χ0) is 13.8. The summed E-state index contributed by atoms with van der Waals surface area (Å²) in [6, 6.07) is 9.41. The molecular weight excluding hydrogens is 240 g/mol. The van der Waals surface area contributed by atoms with Crippen LogP contribution in [0.15, 0.2) is 42.7 Å². The van der Waals surface area contributed by atoms with E-state index in [2.05, 4.69) is 30.2 Å². The Kier molecular flexibility index (Phi) is 3.80. The number of carboxylic acid groups (broad SMARTS) is 1. The SMILES string of the molecule is CC(C)c1cccc(Nc2cnccc2C(=O)O)c1. The predicted molar refractivity (Wildman–Crippen MR) is 75.0 cm³/mol. The highest BCUT2D eigenvalue weighted by Crippen LogP contribution is 2.23. The second-order valence-electron chi connectivity index (χ2n) is 4.63. The van der Waals surface area contributed by atoms with E-state index in [1.54, 1.807) is 0 Å². The van der Waals surface area contributed by atoms with Crippen LogP contribution >= 0.6 is 0 Å². The fraction of sp³-hybridized carbons (Fsp3) is 0.200. The van der Waals surface area contributed by atoms with E-state index in [0.29, 0.717) is 11.6 Å². The third-order valence-electron chi connectivity index (χ3n) is 2.88. The number of hydrogen-bond acceptors (Lipinski definition) is 3. The van der Waals surface area contributed by atoms with Crippen molar-refractivity contribution in [2.75, 3.05) is 5.32 Å². The summed E-state index contributed by atoms with van der Waals surface area (Å²) in [4.78, 5) is 15.1. The number of pyridine rings is 1. The van der Waals surface area contributed by atoms with Crippen molar-refractivity contribution in [3.63, 3.8) is 0 Å².